The van der Waals surface area contributed by atoms with E-state index >= 15 is 0 Å². The minimum Gasteiger partial charge on any atom is -0.464 e. The minimum absolute atomic E-state index is 0.151. The first-order chi connectivity index (χ1) is 13.5. The molecule has 10 heteroatoms. The largest absolute Gasteiger partial charge is 0.464 e. The smallest absolute Gasteiger partial charge is 0.426 e. The van der Waals surface area contributed by atoms with Crippen LogP contribution >= 0.6 is 0 Å². The standard InChI is InChI=1S/C18H27N5O5/c19-13-18(6-2-1-3-7-18)20-15(24)14-5-4-8-22(17(26)27)23(14)16(25)21-9-11-28-12-10-21/h14H,1-12H2,(H,20,24)(H,26,27)/t14-/m0/s1. The number of nitriles is 1. The van der Waals surface area contributed by atoms with Crippen LogP contribution in [0.5, 0.6) is 0 Å². The van der Waals surface area contributed by atoms with Crippen LogP contribution in [0.3, 0.4) is 0 Å². The van der Waals surface area contributed by atoms with Crippen LogP contribution in [0.15, 0.2) is 0 Å². The van der Waals surface area contributed by atoms with Crippen molar-refractivity contribution < 1.29 is 24.2 Å². The zero-order valence-corrected chi connectivity index (χ0v) is 15.9. The number of morpholine rings is 1. The molecule has 2 N–H and O–H groups in total. The van der Waals surface area contributed by atoms with Crippen molar-refractivity contribution in [1.82, 2.24) is 20.2 Å². The highest BCUT2D eigenvalue weighted by atomic mass is 16.5. The van der Waals surface area contributed by atoms with Crippen molar-refractivity contribution in [2.75, 3.05) is 32.8 Å². The molecule has 0 aromatic rings. The lowest BCUT2D eigenvalue weighted by Gasteiger charge is -2.45. The van der Waals surface area contributed by atoms with Gasteiger partial charge >= 0.3 is 12.1 Å². The van der Waals surface area contributed by atoms with E-state index in [1.807, 2.05) is 0 Å². The van der Waals surface area contributed by atoms with Crippen molar-refractivity contribution in [3.8, 4) is 6.07 Å². The fraction of sp³-hybridized carbons (Fsp3) is 0.778. The van der Waals surface area contributed by atoms with Gasteiger partial charge < -0.3 is 20.1 Å². The summed E-state index contributed by atoms with van der Waals surface area (Å²) in [6, 6.07) is 0.771. The molecule has 28 heavy (non-hydrogen) atoms. The summed E-state index contributed by atoms with van der Waals surface area (Å²) in [6.45, 7) is 1.60. The lowest BCUT2D eigenvalue weighted by Crippen LogP contribution is -2.66. The number of carbonyl (C=O) groups is 3. The highest BCUT2D eigenvalue weighted by molar-refractivity contribution is 5.89. The number of carboxylic acid groups (broad SMARTS) is 1. The van der Waals surface area contributed by atoms with Gasteiger partial charge in [0.2, 0.25) is 5.91 Å². The molecule has 0 unspecified atom stereocenters. The molecule has 1 atom stereocenters. The van der Waals surface area contributed by atoms with E-state index in [1.165, 1.54) is 4.90 Å². The average Bonchev–Trinajstić information content (AvgIpc) is 2.73. The number of hydrogen-bond donors (Lipinski definition) is 2. The molecular formula is C18H27N5O5. The van der Waals surface area contributed by atoms with Gasteiger partial charge in [0.1, 0.15) is 11.6 Å². The van der Waals surface area contributed by atoms with E-state index < -0.39 is 29.6 Å². The van der Waals surface area contributed by atoms with Crippen LogP contribution in [-0.2, 0) is 9.53 Å². The van der Waals surface area contributed by atoms with Crippen LogP contribution in [0.1, 0.15) is 44.9 Å². The van der Waals surface area contributed by atoms with Gasteiger partial charge in [-0.15, -0.1) is 0 Å². The fourth-order valence-corrected chi connectivity index (χ4v) is 4.14. The monoisotopic (exact) mass is 393 g/mol. The summed E-state index contributed by atoms with van der Waals surface area (Å²) in [4.78, 5) is 39.4. The number of hydrogen-bond acceptors (Lipinski definition) is 5. The molecule has 0 radical (unpaired) electrons. The molecule has 2 saturated heterocycles. The molecule has 3 rings (SSSR count). The Bertz CT molecular complexity index is 651. The number of nitrogens with one attached hydrogen (secondary N) is 1. The second-order valence-electron chi connectivity index (χ2n) is 7.53. The zero-order valence-electron chi connectivity index (χ0n) is 15.9. The number of ether oxygens (including phenoxy) is 1. The molecule has 0 spiro atoms. The third-order valence-corrected chi connectivity index (χ3v) is 5.69. The molecule has 2 heterocycles. The van der Waals surface area contributed by atoms with Crippen molar-refractivity contribution in [3.05, 3.63) is 0 Å². The van der Waals surface area contributed by atoms with Gasteiger partial charge in [0.15, 0.2) is 0 Å². The summed E-state index contributed by atoms with van der Waals surface area (Å²) < 4.78 is 5.26. The van der Waals surface area contributed by atoms with Crippen LogP contribution in [0, 0.1) is 11.3 Å². The van der Waals surface area contributed by atoms with Gasteiger partial charge in [-0.1, -0.05) is 19.3 Å². The first kappa shape index (κ1) is 20.2. The maximum Gasteiger partial charge on any atom is 0.426 e. The molecule has 3 fully saturated rings. The fourth-order valence-electron chi connectivity index (χ4n) is 4.14. The summed E-state index contributed by atoms with van der Waals surface area (Å²) in [5.41, 5.74) is -0.936. The van der Waals surface area contributed by atoms with E-state index in [-0.39, 0.29) is 6.54 Å². The molecule has 2 aliphatic heterocycles. The molecule has 0 aromatic heterocycles. The number of nitrogens with zero attached hydrogens (tertiary/aromatic N) is 4. The van der Waals surface area contributed by atoms with Gasteiger partial charge in [-0.25, -0.2) is 19.6 Å². The van der Waals surface area contributed by atoms with Crippen molar-refractivity contribution in [2.24, 2.45) is 0 Å². The summed E-state index contributed by atoms with van der Waals surface area (Å²) in [7, 11) is 0. The number of rotatable bonds is 2. The van der Waals surface area contributed by atoms with Crippen molar-refractivity contribution in [1.29, 1.82) is 5.26 Å². The van der Waals surface area contributed by atoms with Crippen molar-refractivity contribution in [3.63, 3.8) is 0 Å². The molecule has 1 aliphatic carbocycles. The summed E-state index contributed by atoms with van der Waals surface area (Å²) >= 11 is 0. The summed E-state index contributed by atoms with van der Waals surface area (Å²) in [5, 5.41) is 24.0. The minimum atomic E-state index is -1.27. The zero-order chi connectivity index (χ0) is 20.1. The number of amides is 4. The molecule has 0 bridgehead atoms. The quantitative estimate of drug-likeness (QED) is 0.724. The van der Waals surface area contributed by atoms with Crippen LogP contribution in [-0.4, -0.2) is 82.5 Å². The normalized spacial score (nSPS) is 25.0. The highest BCUT2D eigenvalue weighted by Gasteiger charge is 2.44. The Balaban J connectivity index is 1.81. The summed E-state index contributed by atoms with van der Waals surface area (Å²) in [6.07, 6.45) is 3.43. The predicted octanol–water partition coefficient (Wildman–Crippen LogP) is 1.14. The van der Waals surface area contributed by atoms with Crippen LogP contribution in [0.4, 0.5) is 9.59 Å². The highest BCUT2D eigenvalue weighted by Crippen LogP contribution is 2.29. The maximum absolute atomic E-state index is 13.1. The number of hydrazine groups is 1. The second kappa shape index (κ2) is 8.65. The Morgan fingerprint density at radius 2 is 1.75 bits per heavy atom. The molecule has 3 aliphatic rings. The van der Waals surface area contributed by atoms with Crippen LogP contribution in [0.25, 0.3) is 0 Å². The maximum atomic E-state index is 13.1. The van der Waals surface area contributed by atoms with Crippen LogP contribution in [0.2, 0.25) is 0 Å². The van der Waals surface area contributed by atoms with E-state index in [1.54, 1.807) is 0 Å². The molecule has 10 nitrogen and oxygen atoms in total. The number of urea groups is 1. The number of carbonyl (C=O) groups excluding carboxylic acids is 2. The Morgan fingerprint density at radius 1 is 1.07 bits per heavy atom. The predicted molar refractivity (Wildman–Crippen MR) is 97.0 cm³/mol. The van der Waals surface area contributed by atoms with Gasteiger partial charge in [0, 0.05) is 19.6 Å². The van der Waals surface area contributed by atoms with E-state index in [9.17, 15) is 24.8 Å². The SMILES string of the molecule is N#CC1(NC(=O)[C@@H]2CCCN(C(=O)O)N2C(=O)N2CCOCC2)CCCCC1. The molecular weight excluding hydrogens is 366 g/mol. The molecule has 154 valence electrons. The first-order valence-electron chi connectivity index (χ1n) is 9.87. The van der Waals surface area contributed by atoms with Gasteiger partial charge in [0.05, 0.1) is 19.3 Å². The van der Waals surface area contributed by atoms with Gasteiger partial charge in [-0.2, -0.15) is 5.26 Å². The molecule has 0 aromatic carbocycles. The van der Waals surface area contributed by atoms with Gasteiger partial charge in [0.25, 0.3) is 0 Å². The third kappa shape index (κ3) is 4.14. The van der Waals surface area contributed by atoms with Gasteiger partial charge in [-0.3, -0.25) is 4.79 Å². The van der Waals surface area contributed by atoms with E-state index in [0.717, 1.165) is 29.3 Å². The van der Waals surface area contributed by atoms with E-state index in [2.05, 4.69) is 11.4 Å². The Morgan fingerprint density at radius 3 is 2.36 bits per heavy atom. The third-order valence-electron chi connectivity index (χ3n) is 5.69. The molecule has 1 saturated carbocycles. The topological polar surface area (TPSA) is 126 Å². The average molecular weight is 393 g/mol. The van der Waals surface area contributed by atoms with Gasteiger partial charge in [-0.05, 0) is 25.7 Å². The Kier molecular flexibility index (Phi) is 6.24. The summed E-state index contributed by atoms with van der Waals surface area (Å²) in [5.74, 6) is -0.462. The van der Waals surface area contributed by atoms with Crippen molar-refractivity contribution >= 4 is 18.0 Å². The Hall–Kier alpha value is -2.54. The second-order valence-corrected chi connectivity index (χ2v) is 7.53. The first-order valence-corrected chi connectivity index (χ1v) is 9.87. The van der Waals surface area contributed by atoms with E-state index in [0.29, 0.717) is 52.0 Å². The Labute approximate surface area is 164 Å². The lowest BCUT2D eigenvalue weighted by atomic mass is 9.82. The van der Waals surface area contributed by atoms with Crippen molar-refractivity contribution in [2.45, 2.75) is 56.5 Å². The lowest BCUT2D eigenvalue weighted by molar-refractivity contribution is -0.136. The van der Waals surface area contributed by atoms with Crippen LogP contribution < -0.4 is 5.32 Å². The van der Waals surface area contributed by atoms with E-state index in [4.69, 9.17) is 4.74 Å². The molecule has 4 amide bonds.